The van der Waals surface area contributed by atoms with Gasteiger partial charge in [-0.1, -0.05) is 30.4 Å². The third-order valence-corrected chi connectivity index (χ3v) is 5.72. The second kappa shape index (κ2) is 5.58. The largest absolute Gasteiger partial charge is 0.390 e. The van der Waals surface area contributed by atoms with Crippen LogP contribution in [-0.2, 0) is 6.42 Å². The first-order valence-electron chi connectivity index (χ1n) is 7.84. The number of piperidine rings is 1. The minimum Gasteiger partial charge on any atom is -0.390 e. The quantitative estimate of drug-likeness (QED) is 0.936. The summed E-state index contributed by atoms with van der Waals surface area (Å²) in [6.07, 6.45) is 3.11. The number of hydrogen-bond acceptors (Lipinski definition) is 4. The Morgan fingerprint density at radius 2 is 2.05 bits per heavy atom. The summed E-state index contributed by atoms with van der Waals surface area (Å²) >= 11 is 1.79. The molecule has 0 atom stereocenters. The third-order valence-electron chi connectivity index (χ3n) is 4.64. The van der Waals surface area contributed by atoms with E-state index in [2.05, 4.69) is 30.0 Å². The number of nitrogens with zero attached hydrogens (tertiary/aromatic N) is 2. The maximum absolute atomic E-state index is 10.2. The van der Waals surface area contributed by atoms with Gasteiger partial charge in [0.05, 0.1) is 15.8 Å². The number of para-hydroxylation sites is 1. The molecule has 0 spiro atoms. The number of anilines is 1. The zero-order chi connectivity index (χ0) is 15.0. The molecule has 4 heteroatoms. The lowest BCUT2D eigenvalue weighted by Gasteiger charge is -2.37. The molecule has 2 aromatic rings. The van der Waals surface area contributed by atoms with Gasteiger partial charge < -0.3 is 10.0 Å². The van der Waals surface area contributed by atoms with Gasteiger partial charge in [-0.2, -0.15) is 0 Å². The van der Waals surface area contributed by atoms with E-state index in [9.17, 15) is 5.11 Å². The number of fused-ring (bicyclic) bond motifs is 1. The Balaban J connectivity index is 1.80. The van der Waals surface area contributed by atoms with Crippen LogP contribution in [0.2, 0.25) is 0 Å². The Morgan fingerprint density at radius 1 is 1.33 bits per heavy atom. The van der Waals surface area contributed by atoms with Crippen LogP contribution in [0.1, 0.15) is 39.2 Å². The van der Waals surface area contributed by atoms with Gasteiger partial charge in [-0.15, -0.1) is 0 Å². The van der Waals surface area contributed by atoms with E-state index in [4.69, 9.17) is 4.98 Å². The second-order valence-corrected chi connectivity index (χ2v) is 7.54. The molecule has 3 nitrogen and oxygen atoms in total. The molecule has 1 saturated heterocycles. The fourth-order valence-corrected chi connectivity index (χ4v) is 4.26. The van der Waals surface area contributed by atoms with Crippen molar-refractivity contribution in [3.63, 3.8) is 0 Å². The van der Waals surface area contributed by atoms with Crippen LogP contribution in [0.15, 0.2) is 18.2 Å². The molecule has 1 aromatic carbocycles. The molecule has 1 aliphatic heterocycles. The van der Waals surface area contributed by atoms with Crippen LogP contribution in [0, 0.1) is 5.92 Å². The van der Waals surface area contributed by atoms with Gasteiger partial charge in [0, 0.05) is 13.1 Å². The highest BCUT2D eigenvalue weighted by Gasteiger charge is 2.31. The van der Waals surface area contributed by atoms with Crippen LogP contribution < -0.4 is 4.90 Å². The number of rotatable bonds is 3. The Morgan fingerprint density at radius 3 is 2.67 bits per heavy atom. The maximum atomic E-state index is 10.2. The standard InChI is InChI=1S/C17H24N2OS/c1-4-12-6-5-7-14-15(12)18-16(21-14)19-10-8-13(9-11-19)17(2,3)20/h5-7,13,20H,4,8-11H2,1-3H3. The number of hydrogen-bond donors (Lipinski definition) is 1. The van der Waals surface area contributed by atoms with E-state index in [0.717, 1.165) is 37.5 Å². The van der Waals surface area contributed by atoms with E-state index >= 15 is 0 Å². The van der Waals surface area contributed by atoms with E-state index < -0.39 is 5.60 Å². The Bertz CT molecular complexity index is 621. The fourth-order valence-electron chi connectivity index (χ4n) is 3.19. The number of thiazole rings is 1. The minimum absolute atomic E-state index is 0.398. The molecule has 0 radical (unpaired) electrons. The van der Waals surface area contributed by atoms with Gasteiger partial charge in [0.1, 0.15) is 0 Å². The molecule has 21 heavy (non-hydrogen) atoms. The molecular formula is C17H24N2OS. The molecule has 0 bridgehead atoms. The molecule has 1 fully saturated rings. The van der Waals surface area contributed by atoms with Gasteiger partial charge in [-0.3, -0.25) is 0 Å². The number of benzene rings is 1. The van der Waals surface area contributed by atoms with Crippen molar-refractivity contribution in [2.24, 2.45) is 5.92 Å². The van der Waals surface area contributed by atoms with Crippen molar-refractivity contribution in [3.8, 4) is 0 Å². The van der Waals surface area contributed by atoms with Gasteiger partial charge in [-0.05, 0) is 50.7 Å². The smallest absolute Gasteiger partial charge is 0.186 e. The van der Waals surface area contributed by atoms with Gasteiger partial charge in [0.2, 0.25) is 0 Å². The summed E-state index contributed by atoms with van der Waals surface area (Å²) in [4.78, 5) is 7.26. The minimum atomic E-state index is -0.560. The molecular weight excluding hydrogens is 280 g/mol. The van der Waals surface area contributed by atoms with Crippen LogP contribution in [-0.4, -0.2) is 28.8 Å². The van der Waals surface area contributed by atoms with Crippen molar-refractivity contribution in [1.82, 2.24) is 4.98 Å². The molecule has 0 aliphatic carbocycles. The average molecular weight is 304 g/mol. The molecule has 1 aromatic heterocycles. The van der Waals surface area contributed by atoms with Gasteiger partial charge in [0.25, 0.3) is 0 Å². The summed E-state index contributed by atoms with van der Waals surface area (Å²) in [5, 5.41) is 11.3. The first kappa shape index (κ1) is 14.8. The highest BCUT2D eigenvalue weighted by atomic mass is 32.1. The average Bonchev–Trinajstić information content (AvgIpc) is 2.90. The Kier molecular flexibility index (Phi) is 3.93. The lowest BCUT2D eigenvalue weighted by atomic mass is 9.83. The first-order valence-corrected chi connectivity index (χ1v) is 8.66. The third kappa shape index (κ3) is 2.92. The van der Waals surface area contributed by atoms with E-state index in [1.165, 1.54) is 15.8 Å². The summed E-state index contributed by atoms with van der Waals surface area (Å²) in [6, 6.07) is 6.47. The molecule has 0 unspecified atom stereocenters. The van der Waals surface area contributed by atoms with Crippen molar-refractivity contribution in [1.29, 1.82) is 0 Å². The molecule has 0 saturated carbocycles. The summed E-state index contributed by atoms with van der Waals surface area (Å²) in [6.45, 7) is 8.03. The van der Waals surface area contributed by atoms with Crippen LogP contribution in [0.5, 0.6) is 0 Å². The molecule has 1 aliphatic rings. The van der Waals surface area contributed by atoms with Crippen molar-refractivity contribution >= 4 is 26.7 Å². The van der Waals surface area contributed by atoms with Crippen molar-refractivity contribution < 1.29 is 5.11 Å². The van der Waals surface area contributed by atoms with E-state index in [0.29, 0.717) is 5.92 Å². The predicted molar refractivity (Wildman–Crippen MR) is 90.2 cm³/mol. The van der Waals surface area contributed by atoms with Crippen LogP contribution in [0.4, 0.5) is 5.13 Å². The zero-order valence-corrected chi connectivity index (χ0v) is 13.9. The number of aliphatic hydroxyl groups is 1. The highest BCUT2D eigenvalue weighted by Crippen LogP contribution is 2.35. The molecule has 3 rings (SSSR count). The highest BCUT2D eigenvalue weighted by molar-refractivity contribution is 7.22. The monoisotopic (exact) mass is 304 g/mol. The molecule has 2 heterocycles. The number of aryl methyl sites for hydroxylation is 1. The van der Waals surface area contributed by atoms with Crippen molar-refractivity contribution in [3.05, 3.63) is 23.8 Å². The molecule has 0 amide bonds. The van der Waals surface area contributed by atoms with Gasteiger partial charge in [0.15, 0.2) is 5.13 Å². The fraction of sp³-hybridized carbons (Fsp3) is 0.588. The number of aromatic nitrogens is 1. The lowest BCUT2D eigenvalue weighted by molar-refractivity contribution is 0.00651. The summed E-state index contributed by atoms with van der Waals surface area (Å²) in [5.41, 5.74) is 1.95. The van der Waals surface area contributed by atoms with E-state index in [-0.39, 0.29) is 0 Å². The van der Waals surface area contributed by atoms with Crippen molar-refractivity contribution in [2.45, 2.75) is 45.6 Å². The topological polar surface area (TPSA) is 36.4 Å². The van der Waals surface area contributed by atoms with Crippen LogP contribution in [0.25, 0.3) is 10.2 Å². The SMILES string of the molecule is CCc1cccc2sc(N3CCC(C(C)(C)O)CC3)nc12. The van der Waals surface area contributed by atoms with Crippen LogP contribution >= 0.6 is 11.3 Å². The van der Waals surface area contributed by atoms with Crippen LogP contribution in [0.3, 0.4) is 0 Å². The van der Waals surface area contributed by atoms with Gasteiger partial charge in [-0.25, -0.2) is 4.98 Å². The van der Waals surface area contributed by atoms with Crippen molar-refractivity contribution in [2.75, 3.05) is 18.0 Å². The molecule has 114 valence electrons. The molecule has 1 N–H and O–H groups in total. The first-order chi connectivity index (χ1) is 9.99. The zero-order valence-electron chi connectivity index (χ0n) is 13.1. The Hall–Kier alpha value is -1.13. The Labute approximate surface area is 130 Å². The summed E-state index contributed by atoms with van der Waals surface area (Å²) in [7, 11) is 0. The predicted octanol–water partition coefficient (Wildman–Crippen LogP) is 3.85. The van der Waals surface area contributed by atoms with E-state index in [1.807, 2.05) is 13.8 Å². The van der Waals surface area contributed by atoms with E-state index in [1.54, 1.807) is 11.3 Å². The normalized spacial score (nSPS) is 17.6. The summed E-state index contributed by atoms with van der Waals surface area (Å²) < 4.78 is 1.29. The van der Waals surface area contributed by atoms with Gasteiger partial charge >= 0.3 is 0 Å². The lowest BCUT2D eigenvalue weighted by Crippen LogP contribution is -2.41. The summed E-state index contributed by atoms with van der Waals surface area (Å²) in [5.74, 6) is 0.398. The second-order valence-electron chi connectivity index (χ2n) is 6.53. The maximum Gasteiger partial charge on any atom is 0.186 e.